The predicted molar refractivity (Wildman–Crippen MR) is 78.5 cm³/mol. The fraction of sp³-hybridized carbons (Fsp3) is 0.467. The predicted octanol–water partition coefficient (Wildman–Crippen LogP) is 1.81. The molecule has 114 valence electrons. The summed E-state index contributed by atoms with van der Waals surface area (Å²) in [5.74, 6) is -0.976. The number of piperidine rings is 1. The molecule has 1 saturated heterocycles. The zero-order valence-electron chi connectivity index (χ0n) is 11.9. The Balaban J connectivity index is 2.08. The summed E-state index contributed by atoms with van der Waals surface area (Å²) in [4.78, 5) is 23.2. The van der Waals surface area contributed by atoms with Gasteiger partial charge in [0, 0.05) is 0 Å². The van der Waals surface area contributed by atoms with Crippen LogP contribution < -0.4 is 10.6 Å². The number of phenols is 1. The molecule has 0 aliphatic carbocycles. The Bertz CT molecular complexity index is 544. The molecule has 0 radical (unpaired) electrons. The van der Waals surface area contributed by atoms with Gasteiger partial charge in [0.15, 0.2) is 0 Å². The van der Waals surface area contributed by atoms with Crippen molar-refractivity contribution in [1.29, 1.82) is 0 Å². The number of rotatable bonds is 4. The van der Waals surface area contributed by atoms with E-state index in [4.69, 9.17) is 5.11 Å². The number of phenolic OH excluding ortho intramolecular Hbond substituents is 1. The van der Waals surface area contributed by atoms with Gasteiger partial charge in [0.2, 0.25) is 5.91 Å². The van der Waals surface area contributed by atoms with Gasteiger partial charge in [-0.3, -0.25) is 4.79 Å². The Labute approximate surface area is 123 Å². The Morgan fingerprint density at radius 2 is 2.19 bits per heavy atom. The van der Waals surface area contributed by atoms with E-state index in [0.29, 0.717) is 5.92 Å². The number of nitrogens with one attached hydrogen (secondary N) is 2. The Morgan fingerprint density at radius 1 is 1.43 bits per heavy atom. The number of aromatic carboxylic acids is 1. The van der Waals surface area contributed by atoms with Gasteiger partial charge in [-0.25, -0.2) is 4.79 Å². The lowest BCUT2D eigenvalue weighted by Crippen LogP contribution is -2.46. The minimum Gasteiger partial charge on any atom is -0.506 e. The van der Waals surface area contributed by atoms with Crippen LogP contribution in [0.3, 0.4) is 0 Å². The van der Waals surface area contributed by atoms with Gasteiger partial charge in [-0.05, 0) is 43.5 Å². The van der Waals surface area contributed by atoms with Crippen molar-refractivity contribution in [3.8, 4) is 5.75 Å². The van der Waals surface area contributed by atoms with Crippen molar-refractivity contribution in [3.63, 3.8) is 0 Å². The summed E-state index contributed by atoms with van der Waals surface area (Å²) < 4.78 is 0. The third-order valence-electron chi connectivity index (χ3n) is 3.91. The third-order valence-corrected chi connectivity index (χ3v) is 3.91. The van der Waals surface area contributed by atoms with Crippen molar-refractivity contribution in [2.75, 3.05) is 11.9 Å². The number of carboxylic acid groups (broad SMARTS) is 1. The van der Waals surface area contributed by atoms with E-state index in [2.05, 4.69) is 17.6 Å². The number of benzene rings is 1. The number of carbonyl (C=O) groups excluding carboxylic acids is 1. The topological polar surface area (TPSA) is 98.7 Å². The van der Waals surface area contributed by atoms with Gasteiger partial charge in [0.1, 0.15) is 5.75 Å². The third kappa shape index (κ3) is 3.72. The van der Waals surface area contributed by atoms with Gasteiger partial charge in [-0.15, -0.1) is 0 Å². The second-order valence-corrected chi connectivity index (χ2v) is 5.33. The summed E-state index contributed by atoms with van der Waals surface area (Å²) in [7, 11) is 0. The Kier molecular flexibility index (Phi) is 4.80. The summed E-state index contributed by atoms with van der Waals surface area (Å²) in [6.45, 7) is 2.89. The smallest absolute Gasteiger partial charge is 0.335 e. The van der Waals surface area contributed by atoms with Gasteiger partial charge in [0.05, 0.1) is 17.3 Å². The standard InChI is InChI=1S/C15H20N2O4/c1-2-9-5-6-16-12(7-9)14(19)17-11-8-10(15(20)21)3-4-13(11)18/h3-4,8-9,12,16,18H,2,5-7H2,1H3,(H,17,19)(H,20,21). The van der Waals surface area contributed by atoms with Crippen LogP contribution in [-0.2, 0) is 4.79 Å². The normalized spacial score (nSPS) is 21.8. The monoisotopic (exact) mass is 292 g/mol. The van der Waals surface area contributed by atoms with Crippen LogP contribution >= 0.6 is 0 Å². The molecular formula is C15H20N2O4. The molecule has 6 nitrogen and oxygen atoms in total. The van der Waals surface area contributed by atoms with Crippen LogP contribution in [0.25, 0.3) is 0 Å². The van der Waals surface area contributed by atoms with Crippen LogP contribution in [0.15, 0.2) is 18.2 Å². The first kappa shape index (κ1) is 15.3. The van der Waals surface area contributed by atoms with Gasteiger partial charge in [-0.2, -0.15) is 0 Å². The summed E-state index contributed by atoms with van der Waals surface area (Å²) >= 11 is 0. The van der Waals surface area contributed by atoms with E-state index in [1.54, 1.807) is 0 Å². The highest BCUT2D eigenvalue weighted by Gasteiger charge is 2.26. The molecular weight excluding hydrogens is 272 g/mol. The zero-order chi connectivity index (χ0) is 15.4. The molecule has 2 rings (SSSR count). The molecule has 0 aromatic heterocycles. The molecule has 0 spiro atoms. The summed E-state index contributed by atoms with van der Waals surface area (Å²) in [5, 5.41) is 24.4. The average molecular weight is 292 g/mol. The zero-order valence-corrected chi connectivity index (χ0v) is 11.9. The fourth-order valence-electron chi connectivity index (χ4n) is 2.56. The lowest BCUT2D eigenvalue weighted by atomic mass is 9.90. The molecule has 1 aromatic carbocycles. The number of aromatic hydroxyl groups is 1. The number of anilines is 1. The van der Waals surface area contributed by atoms with Crippen molar-refractivity contribution < 1.29 is 19.8 Å². The Hall–Kier alpha value is -2.08. The summed E-state index contributed by atoms with van der Waals surface area (Å²) in [5.41, 5.74) is 0.145. The van der Waals surface area contributed by atoms with Gasteiger partial charge >= 0.3 is 5.97 Å². The van der Waals surface area contributed by atoms with E-state index in [1.165, 1.54) is 18.2 Å². The van der Waals surface area contributed by atoms with Crippen molar-refractivity contribution in [1.82, 2.24) is 5.32 Å². The van der Waals surface area contributed by atoms with Crippen LogP contribution in [0.5, 0.6) is 5.75 Å². The van der Waals surface area contributed by atoms with Crippen molar-refractivity contribution in [3.05, 3.63) is 23.8 Å². The van der Waals surface area contributed by atoms with E-state index in [1.807, 2.05) is 0 Å². The molecule has 1 aliphatic heterocycles. The molecule has 1 amide bonds. The second-order valence-electron chi connectivity index (χ2n) is 5.33. The molecule has 0 saturated carbocycles. The number of carboxylic acids is 1. The maximum Gasteiger partial charge on any atom is 0.335 e. The lowest BCUT2D eigenvalue weighted by Gasteiger charge is -2.28. The highest BCUT2D eigenvalue weighted by Crippen LogP contribution is 2.26. The van der Waals surface area contributed by atoms with Crippen molar-refractivity contribution >= 4 is 17.6 Å². The molecule has 21 heavy (non-hydrogen) atoms. The van der Waals surface area contributed by atoms with Crippen LogP contribution in [-0.4, -0.2) is 34.7 Å². The molecule has 2 atom stereocenters. The quantitative estimate of drug-likeness (QED) is 0.634. The largest absolute Gasteiger partial charge is 0.506 e. The summed E-state index contributed by atoms with van der Waals surface area (Å²) in [6.07, 6.45) is 2.84. The first-order valence-corrected chi connectivity index (χ1v) is 7.11. The average Bonchev–Trinajstić information content (AvgIpc) is 2.49. The first-order chi connectivity index (χ1) is 10.0. The molecule has 4 N–H and O–H groups in total. The highest BCUT2D eigenvalue weighted by atomic mass is 16.4. The highest BCUT2D eigenvalue weighted by molar-refractivity contribution is 5.98. The number of amides is 1. The van der Waals surface area contributed by atoms with Gasteiger partial charge < -0.3 is 20.8 Å². The number of hydrogen-bond donors (Lipinski definition) is 4. The minimum absolute atomic E-state index is 0.0196. The molecule has 6 heteroatoms. The second kappa shape index (κ2) is 6.58. The molecule has 1 aliphatic rings. The minimum atomic E-state index is -1.10. The van der Waals surface area contributed by atoms with Gasteiger partial charge in [-0.1, -0.05) is 13.3 Å². The lowest BCUT2D eigenvalue weighted by molar-refractivity contribution is -0.119. The summed E-state index contributed by atoms with van der Waals surface area (Å²) in [6, 6.07) is 3.51. The van der Waals surface area contributed by atoms with Crippen LogP contribution in [0.4, 0.5) is 5.69 Å². The maximum absolute atomic E-state index is 12.2. The molecule has 1 aromatic rings. The van der Waals surface area contributed by atoms with Crippen molar-refractivity contribution in [2.24, 2.45) is 5.92 Å². The van der Waals surface area contributed by atoms with Crippen LogP contribution in [0.2, 0.25) is 0 Å². The molecule has 0 bridgehead atoms. The van der Waals surface area contributed by atoms with Crippen molar-refractivity contribution in [2.45, 2.75) is 32.2 Å². The SMILES string of the molecule is CCC1CCNC(C(=O)Nc2cc(C(=O)O)ccc2O)C1. The number of carbonyl (C=O) groups is 2. The van der Waals surface area contributed by atoms with E-state index in [0.717, 1.165) is 25.8 Å². The Morgan fingerprint density at radius 3 is 2.86 bits per heavy atom. The number of hydrogen-bond acceptors (Lipinski definition) is 4. The first-order valence-electron chi connectivity index (χ1n) is 7.11. The molecule has 2 unspecified atom stereocenters. The van der Waals surface area contributed by atoms with Gasteiger partial charge in [0.25, 0.3) is 0 Å². The van der Waals surface area contributed by atoms with E-state index >= 15 is 0 Å². The van der Waals surface area contributed by atoms with E-state index in [9.17, 15) is 14.7 Å². The molecule has 1 fully saturated rings. The van der Waals surface area contributed by atoms with E-state index < -0.39 is 5.97 Å². The molecule has 1 heterocycles. The maximum atomic E-state index is 12.2. The van der Waals surface area contributed by atoms with Crippen LogP contribution in [0, 0.1) is 5.92 Å². The van der Waals surface area contributed by atoms with E-state index in [-0.39, 0.29) is 28.9 Å². The van der Waals surface area contributed by atoms with Crippen LogP contribution in [0.1, 0.15) is 36.5 Å². The fourth-order valence-corrected chi connectivity index (χ4v) is 2.56.